The van der Waals surface area contributed by atoms with Gasteiger partial charge < -0.3 is 15.4 Å². The zero-order valence-electron chi connectivity index (χ0n) is 13.5. The van der Waals surface area contributed by atoms with Crippen molar-refractivity contribution in [3.8, 4) is 0 Å². The highest BCUT2D eigenvalue weighted by Crippen LogP contribution is 2.37. The van der Waals surface area contributed by atoms with E-state index in [0.29, 0.717) is 25.8 Å². The first-order valence-corrected chi connectivity index (χ1v) is 7.63. The molecule has 1 aliphatic rings. The van der Waals surface area contributed by atoms with Crippen molar-refractivity contribution in [3.63, 3.8) is 0 Å². The number of hydrogen-bond donors (Lipinski definition) is 2. The van der Waals surface area contributed by atoms with Crippen LogP contribution < -0.4 is 10.6 Å². The van der Waals surface area contributed by atoms with E-state index < -0.39 is 17.6 Å². The Hall–Kier alpha value is -0.910. The third-order valence-electron chi connectivity index (χ3n) is 3.63. The third kappa shape index (κ3) is 7.60. The molecule has 6 heteroatoms. The molecule has 1 aliphatic carbocycles. The molecule has 0 spiro atoms. The molecule has 1 amide bonds. The molecule has 0 aromatic rings. The van der Waals surface area contributed by atoms with Crippen LogP contribution in [0.15, 0.2) is 0 Å². The molecule has 4 nitrogen and oxygen atoms in total. The number of alkyl carbamates (subject to hydrolysis) is 1. The van der Waals surface area contributed by atoms with Gasteiger partial charge in [-0.3, -0.25) is 0 Å². The van der Waals surface area contributed by atoms with Crippen molar-refractivity contribution in [2.45, 2.75) is 70.4 Å². The lowest BCUT2D eigenvalue weighted by atomic mass is 9.83. The molecule has 0 aromatic carbocycles. The van der Waals surface area contributed by atoms with Gasteiger partial charge in [0, 0.05) is 25.4 Å². The van der Waals surface area contributed by atoms with Crippen molar-refractivity contribution in [1.29, 1.82) is 0 Å². The molecule has 1 rings (SSSR count). The summed E-state index contributed by atoms with van der Waals surface area (Å²) >= 11 is 0. The quantitative estimate of drug-likeness (QED) is 0.819. The Bertz CT molecular complexity index is 333. The Morgan fingerprint density at radius 1 is 1.33 bits per heavy atom. The minimum atomic E-state index is -2.51. The van der Waals surface area contributed by atoms with Crippen LogP contribution in [0.25, 0.3) is 0 Å². The molecule has 2 N–H and O–H groups in total. The van der Waals surface area contributed by atoms with Crippen molar-refractivity contribution in [3.05, 3.63) is 0 Å². The predicted molar refractivity (Wildman–Crippen MR) is 78.6 cm³/mol. The SMILES string of the molecule is CNCC(CC1CCC(F)(F)CC1)NC(=O)OC(C)(C)C. The van der Waals surface area contributed by atoms with Crippen LogP contribution in [0.4, 0.5) is 13.6 Å². The number of carbonyl (C=O) groups excluding carboxylic acids is 1. The standard InChI is InChI=1S/C15H28F2N2O2/c1-14(2,3)21-13(20)19-12(10-18-4)9-11-5-7-15(16,17)8-6-11/h11-12,18H,5-10H2,1-4H3,(H,19,20). The Balaban J connectivity index is 2.45. The second-order valence-corrected chi connectivity index (χ2v) is 6.94. The van der Waals surface area contributed by atoms with Crippen LogP contribution in [0, 0.1) is 5.92 Å². The highest BCUT2D eigenvalue weighted by Gasteiger charge is 2.35. The number of carbonyl (C=O) groups is 1. The zero-order chi connectivity index (χ0) is 16.1. The maximum absolute atomic E-state index is 13.2. The first-order valence-electron chi connectivity index (χ1n) is 7.63. The molecule has 0 aromatic heterocycles. The first kappa shape index (κ1) is 18.1. The largest absolute Gasteiger partial charge is 0.444 e. The van der Waals surface area contributed by atoms with E-state index in [1.165, 1.54) is 0 Å². The number of hydrogen-bond acceptors (Lipinski definition) is 3. The summed E-state index contributed by atoms with van der Waals surface area (Å²) in [5.74, 6) is -2.27. The maximum atomic E-state index is 13.2. The molecule has 0 aliphatic heterocycles. The second kappa shape index (κ2) is 7.38. The molecule has 0 saturated heterocycles. The van der Waals surface area contributed by atoms with E-state index in [-0.39, 0.29) is 24.8 Å². The molecule has 1 fully saturated rings. The lowest BCUT2D eigenvalue weighted by molar-refractivity contribution is -0.0475. The van der Waals surface area contributed by atoms with Gasteiger partial charge in [0.15, 0.2) is 0 Å². The van der Waals surface area contributed by atoms with Crippen LogP contribution >= 0.6 is 0 Å². The van der Waals surface area contributed by atoms with Crippen LogP contribution in [-0.2, 0) is 4.74 Å². The Morgan fingerprint density at radius 3 is 2.38 bits per heavy atom. The monoisotopic (exact) mass is 306 g/mol. The van der Waals surface area contributed by atoms with Crippen molar-refractivity contribution in [2.75, 3.05) is 13.6 Å². The molecule has 21 heavy (non-hydrogen) atoms. The van der Waals surface area contributed by atoms with E-state index in [1.54, 1.807) is 7.05 Å². The Labute approximate surface area is 126 Å². The number of likely N-dealkylation sites (N-methyl/N-ethyl adjacent to an activating group) is 1. The summed E-state index contributed by atoms with van der Waals surface area (Å²) in [4.78, 5) is 11.8. The van der Waals surface area contributed by atoms with Gasteiger partial charge >= 0.3 is 6.09 Å². The maximum Gasteiger partial charge on any atom is 0.407 e. The van der Waals surface area contributed by atoms with E-state index >= 15 is 0 Å². The van der Waals surface area contributed by atoms with Crippen LogP contribution in [0.5, 0.6) is 0 Å². The molecule has 1 saturated carbocycles. The summed E-state index contributed by atoms with van der Waals surface area (Å²) in [6.07, 6.45) is 1.19. The average molecular weight is 306 g/mol. The highest BCUT2D eigenvalue weighted by molar-refractivity contribution is 5.68. The summed E-state index contributed by atoms with van der Waals surface area (Å²) in [5, 5.41) is 5.85. The molecule has 124 valence electrons. The fourth-order valence-electron chi connectivity index (χ4n) is 2.65. The van der Waals surface area contributed by atoms with Crippen LogP contribution in [0.1, 0.15) is 52.9 Å². The molecule has 1 unspecified atom stereocenters. The van der Waals surface area contributed by atoms with Gasteiger partial charge in [-0.05, 0) is 53.0 Å². The highest BCUT2D eigenvalue weighted by atomic mass is 19.3. The normalized spacial score (nSPS) is 20.9. The topological polar surface area (TPSA) is 50.4 Å². The minimum Gasteiger partial charge on any atom is -0.444 e. The summed E-state index contributed by atoms with van der Waals surface area (Å²) in [5.41, 5.74) is -0.541. The smallest absolute Gasteiger partial charge is 0.407 e. The van der Waals surface area contributed by atoms with E-state index in [1.807, 2.05) is 20.8 Å². The number of nitrogens with one attached hydrogen (secondary N) is 2. The van der Waals surface area contributed by atoms with Crippen molar-refractivity contribution < 1.29 is 18.3 Å². The van der Waals surface area contributed by atoms with E-state index in [2.05, 4.69) is 10.6 Å². The lowest BCUT2D eigenvalue weighted by Gasteiger charge is -2.31. The van der Waals surface area contributed by atoms with Gasteiger partial charge in [-0.15, -0.1) is 0 Å². The number of rotatable bonds is 5. The molecular weight excluding hydrogens is 278 g/mol. The van der Waals surface area contributed by atoms with E-state index in [4.69, 9.17) is 4.74 Å². The summed E-state index contributed by atoms with van der Waals surface area (Å²) in [7, 11) is 1.80. The first-order chi connectivity index (χ1) is 9.61. The summed E-state index contributed by atoms with van der Waals surface area (Å²) < 4.78 is 31.6. The second-order valence-electron chi connectivity index (χ2n) is 6.94. The molecule has 0 heterocycles. The fraction of sp³-hybridized carbons (Fsp3) is 0.933. The lowest BCUT2D eigenvalue weighted by Crippen LogP contribution is -2.45. The van der Waals surface area contributed by atoms with Crippen molar-refractivity contribution >= 4 is 6.09 Å². The zero-order valence-corrected chi connectivity index (χ0v) is 13.5. The minimum absolute atomic E-state index is 0.0453. The fourth-order valence-corrected chi connectivity index (χ4v) is 2.65. The molecular formula is C15H28F2N2O2. The number of halogens is 2. The molecule has 1 atom stereocenters. The van der Waals surface area contributed by atoms with E-state index in [0.717, 1.165) is 0 Å². The average Bonchev–Trinajstić information content (AvgIpc) is 2.29. The van der Waals surface area contributed by atoms with Gasteiger partial charge in [-0.2, -0.15) is 0 Å². The molecule has 0 radical (unpaired) electrons. The summed E-state index contributed by atoms with van der Waals surface area (Å²) in [6.45, 7) is 6.03. The van der Waals surface area contributed by atoms with Gasteiger partial charge in [0.25, 0.3) is 0 Å². The number of amides is 1. The van der Waals surface area contributed by atoms with Gasteiger partial charge in [-0.1, -0.05) is 0 Å². The van der Waals surface area contributed by atoms with Gasteiger partial charge in [0.05, 0.1) is 0 Å². The van der Waals surface area contributed by atoms with Gasteiger partial charge in [-0.25, -0.2) is 13.6 Å². The third-order valence-corrected chi connectivity index (χ3v) is 3.63. The van der Waals surface area contributed by atoms with Gasteiger partial charge in [0.2, 0.25) is 5.92 Å². The van der Waals surface area contributed by atoms with Crippen LogP contribution in [0.3, 0.4) is 0 Å². The van der Waals surface area contributed by atoms with Gasteiger partial charge in [0.1, 0.15) is 5.60 Å². The van der Waals surface area contributed by atoms with Crippen LogP contribution in [-0.4, -0.2) is 37.3 Å². The van der Waals surface area contributed by atoms with Crippen molar-refractivity contribution in [2.24, 2.45) is 5.92 Å². The molecule has 0 bridgehead atoms. The Morgan fingerprint density at radius 2 is 1.90 bits per heavy atom. The van der Waals surface area contributed by atoms with Crippen molar-refractivity contribution in [1.82, 2.24) is 10.6 Å². The number of alkyl halides is 2. The predicted octanol–water partition coefficient (Wildman–Crippen LogP) is 3.31. The Kier molecular flexibility index (Phi) is 6.38. The van der Waals surface area contributed by atoms with Crippen LogP contribution in [0.2, 0.25) is 0 Å². The number of ether oxygens (including phenoxy) is 1. The summed E-state index contributed by atoms with van der Waals surface area (Å²) in [6, 6.07) is -0.0958. The van der Waals surface area contributed by atoms with E-state index in [9.17, 15) is 13.6 Å².